The number of aromatic nitrogens is 2. The van der Waals surface area contributed by atoms with E-state index in [1.807, 2.05) is 73.8 Å². The second kappa shape index (κ2) is 8.28. The molecule has 7 nitrogen and oxygen atoms in total. The van der Waals surface area contributed by atoms with E-state index in [-0.39, 0.29) is 30.4 Å². The molecule has 0 aliphatic carbocycles. The topological polar surface area (TPSA) is 88.0 Å². The Kier molecular flexibility index (Phi) is 5.39. The van der Waals surface area contributed by atoms with Gasteiger partial charge in [0, 0.05) is 12.4 Å². The van der Waals surface area contributed by atoms with E-state index in [1.54, 1.807) is 10.9 Å². The largest absolute Gasteiger partial charge is 0.348 e. The van der Waals surface area contributed by atoms with Crippen LogP contribution in [0.15, 0.2) is 73.1 Å². The first-order valence-electron chi connectivity index (χ1n) is 9.61. The molecule has 7 heteroatoms. The summed E-state index contributed by atoms with van der Waals surface area (Å²) in [5.74, 6) is -0.335. The van der Waals surface area contributed by atoms with Crippen LogP contribution in [0.25, 0.3) is 5.69 Å². The Hall–Kier alpha value is -3.45. The van der Waals surface area contributed by atoms with Gasteiger partial charge < -0.3 is 10.6 Å². The van der Waals surface area contributed by atoms with Crippen LogP contribution in [-0.2, 0) is 9.59 Å². The molecule has 1 aliphatic heterocycles. The summed E-state index contributed by atoms with van der Waals surface area (Å²) in [6.45, 7) is 1.93. The average molecular weight is 389 g/mol. The number of hydrogen-bond acceptors (Lipinski definition) is 4. The molecule has 1 aromatic heterocycles. The normalized spacial score (nSPS) is 20.0. The van der Waals surface area contributed by atoms with Crippen molar-refractivity contribution in [2.45, 2.75) is 31.6 Å². The molecule has 3 N–H and O–H groups in total. The molecule has 1 saturated heterocycles. The fourth-order valence-electron chi connectivity index (χ4n) is 3.44. The second-order valence-corrected chi connectivity index (χ2v) is 7.11. The minimum Gasteiger partial charge on any atom is -0.348 e. The third-order valence-electron chi connectivity index (χ3n) is 5.03. The van der Waals surface area contributed by atoms with Crippen molar-refractivity contribution >= 4 is 11.8 Å². The van der Waals surface area contributed by atoms with Gasteiger partial charge in [-0.2, -0.15) is 5.10 Å². The molecule has 1 fully saturated rings. The lowest BCUT2D eigenvalue weighted by molar-refractivity contribution is -0.132. The molecule has 148 valence electrons. The summed E-state index contributed by atoms with van der Waals surface area (Å²) in [6.07, 6.45) is 3.34. The zero-order valence-corrected chi connectivity index (χ0v) is 16.1. The number of benzene rings is 2. The predicted octanol–water partition coefficient (Wildman–Crippen LogP) is 2.23. The summed E-state index contributed by atoms with van der Waals surface area (Å²) in [5.41, 5.74) is 2.85. The van der Waals surface area contributed by atoms with Crippen LogP contribution in [0, 0.1) is 0 Å². The minimum absolute atomic E-state index is 0.111. The maximum atomic E-state index is 12.8. The van der Waals surface area contributed by atoms with E-state index in [9.17, 15) is 9.59 Å². The fraction of sp³-hybridized carbons (Fsp3) is 0.227. The molecule has 0 radical (unpaired) electrons. The molecule has 1 aliphatic rings. The monoisotopic (exact) mass is 389 g/mol. The van der Waals surface area contributed by atoms with Crippen molar-refractivity contribution in [3.63, 3.8) is 0 Å². The number of hydrogen-bond donors (Lipinski definition) is 3. The highest BCUT2D eigenvalue weighted by atomic mass is 16.2. The van der Waals surface area contributed by atoms with Gasteiger partial charge in [0.05, 0.1) is 24.2 Å². The Morgan fingerprint density at radius 1 is 1.14 bits per heavy atom. The van der Waals surface area contributed by atoms with Crippen LogP contribution in [-0.4, -0.2) is 27.6 Å². The van der Waals surface area contributed by atoms with E-state index in [4.69, 9.17) is 0 Å². The van der Waals surface area contributed by atoms with Crippen molar-refractivity contribution in [3.8, 4) is 5.69 Å². The van der Waals surface area contributed by atoms with Crippen LogP contribution >= 0.6 is 0 Å². The smallest absolute Gasteiger partial charge is 0.238 e. The number of carbonyl (C=O) groups excluding carboxylic acids is 2. The van der Waals surface area contributed by atoms with Gasteiger partial charge >= 0.3 is 0 Å². The molecule has 2 aromatic carbocycles. The van der Waals surface area contributed by atoms with E-state index in [2.05, 4.69) is 21.0 Å². The van der Waals surface area contributed by atoms with Crippen LogP contribution in [0.3, 0.4) is 0 Å². The first-order chi connectivity index (χ1) is 14.1. The van der Waals surface area contributed by atoms with Gasteiger partial charge in [0.15, 0.2) is 0 Å². The van der Waals surface area contributed by atoms with Gasteiger partial charge in [0.1, 0.15) is 6.17 Å². The average Bonchev–Trinajstić information content (AvgIpc) is 3.29. The standard InChI is InChI=1S/C22H23N5O2/c1-15(16-8-10-18(11-9-16)27-13-5-12-23-27)24-22(29)19-14-20(28)26-21(25-19)17-6-3-2-4-7-17/h2-13,15,19,21,25H,14H2,1H3,(H,24,29)(H,26,28). The first-order valence-corrected chi connectivity index (χ1v) is 9.61. The van der Waals surface area contributed by atoms with Crippen molar-refractivity contribution in [1.29, 1.82) is 0 Å². The molecule has 29 heavy (non-hydrogen) atoms. The molecule has 4 rings (SSSR count). The number of nitrogens with zero attached hydrogens (tertiary/aromatic N) is 2. The highest BCUT2D eigenvalue weighted by Crippen LogP contribution is 2.18. The molecular formula is C22H23N5O2. The van der Waals surface area contributed by atoms with Crippen molar-refractivity contribution in [2.75, 3.05) is 0 Å². The van der Waals surface area contributed by atoms with Crippen LogP contribution < -0.4 is 16.0 Å². The molecule has 0 saturated carbocycles. The maximum Gasteiger partial charge on any atom is 0.238 e. The van der Waals surface area contributed by atoms with Crippen molar-refractivity contribution in [3.05, 3.63) is 84.2 Å². The molecule has 0 spiro atoms. The third-order valence-corrected chi connectivity index (χ3v) is 5.03. The Labute approximate surface area is 169 Å². The third kappa shape index (κ3) is 4.35. The lowest BCUT2D eigenvalue weighted by atomic mass is 10.0. The highest BCUT2D eigenvalue weighted by Gasteiger charge is 2.31. The van der Waals surface area contributed by atoms with Gasteiger partial charge in [0.2, 0.25) is 11.8 Å². The van der Waals surface area contributed by atoms with Crippen LogP contribution in [0.2, 0.25) is 0 Å². The molecular weight excluding hydrogens is 366 g/mol. The van der Waals surface area contributed by atoms with E-state index >= 15 is 0 Å². The summed E-state index contributed by atoms with van der Waals surface area (Å²) >= 11 is 0. The van der Waals surface area contributed by atoms with E-state index in [0.717, 1.165) is 16.8 Å². The van der Waals surface area contributed by atoms with Crippen LogP contribution in [0.5, 0.6) is 0 Å². The molecule has 2 amide bonds. The van der Waals surface area contributed by atoms with Gasteiger partial charge in [0.25, 0.3) is 0 Å². The second-order valence-electron chi connectivity index (χ2n) is 7.11. The van der Waals surface area contributed by atoms with Gasteiger partial charge in [-0.05, 0) is 36.2 Å². The molecule has 3 aromatic rings. The molecule has 0 bridgehead atoms. The summed E-state index contributed by atoms with van der Waals surface area (Å²) in [4.78, 5) is 24.9. The Bertz CT molecular complexity index is 970. The predicted molar refractivity (Wildman–Crippen MR) is 109 cm³/mol. The van der Waals surface area contributed by atoms with Gasteiger partial charge in [-0.15, -0.1) is 0 Å². The zero-order chi connectivity index (χ0) is 20.2. The van der Waals surface area contributed by atoms with Crippen LogP contribution in [0.1, 0.15) is 36.7 Å². The van der Waals surface area contributed by atoms with Crippen molar-refractivity contribution in [2.24, 2.45) is 0 Å². The number of carbonyl (C=O) groups is 2. The highest BCUT2D eigenvalue weighted by molar-refractivity contribution is 5.89. The molecule has 3 atom stereocenters. The lowest BCUT2D eigenvalue weighted by Gasteiger charge is -2.31. The van der Waals surface area contributed by atoms with E-state index in [1.165, 1.54) is 0 Å². The number of rotatable bonds is 5. The van der Waals surface area contributed by atoms with E-state index in [0.29, 0.717) is 0 Å². The first kappa shape index (κ1) is 18.9. The lowest BCUT2D eigenvalue weighted by Crippen LogP contribution is -2.56. The quantitative estimate of drug-likeness (QED) is 0.624. The summed E-state index contributed by atoms with van der Waals surface area (Å²) in [7, 11) is 0. The van der Waals surface area contributed by atoms with Crippen LogP contribution in [0.4, 0.5) is 0 Å². The summed E-state index contributed by atoms with van der Waals surface area (Å²) in [5, 5.41) is 13.3. The number of nitrogens with one attached hydrogen (secondary N) is 3. The SMILES string of the molecule is CC(NC(=O)C1CC(=O)NC(c2ccccc2)N1)c1ccc(-n2cccn2)cc1. The molecule has 2 heterocycles. The minimum atomic E-state index is -0.584. The van der Waals surface area contributed by atoms with Gasteiger partial charge in [-0.3, -0.25) is 14.9 Å². The Balaban J connectivity index is 1.40. The number of amides is 2. The van der Waals surface area contributed by atoms with Crippen molar-refractivity contribution in [1.82, 2.24) is 25.7 Å². The van der Waals surface area contributed by atoms with Crippen molar-refractivity contribution < 1.29 is 9.59 Å². The summed E-state index contributed by atoms with van der Waals surface area (Å²) < 4.78 is 1.78. The maximum absolute atomic E-state index is 12.8. The fourth-order valence-corrected chi connectivity index (χ4v) is 3.44. The zero-order valence-electron chi connectivity index (χ0n) is 16.1. The Morgan fingerprint density at radius 2 is 1.90 bits per heavy atom. The van der Waals surface area contributed by atoms with E-state index < -0.39 is 6.04 Å². The van der Waals surface area contributed by atoms with Gasteiger partial charge in [-0.1, -0.05) is 42.5 Å². The van der Waals surface area contributed by atoms with Gasteiger partial charge in [-0.25, -0.2) is 4.68 Å². The molecule has 3 unspecified atom stereocenters. The summed E-state index contributed by atoms with van der Waals surface area (Å²) in [6, 6.07) is 18.5. The Morgan fingerprint density at radius 3 is 2.59 bits per heavy atom.